The van der Waals surface area contributed by atoms with Gasteiger partial charge in [0.1, 0.15) is 11.7 Å². The lowest BCUT2D eigenvalue weighted by atomic mass is 9.85. The number of nitrogens with one attached hydrogen (secondary N) is 4. The van der Waals surface area contributed by atoms with Crippen LogP contribution in [0, 0.1) is 5.92 Å². The Labute approximate surface area is 142 Å². The Morgan fingerprint density at radius 1 is 0.957 bits per heavy atom. The monoisotopic (exact) mass is 339 g/mol. The Hall–Kier alpha value is 0.110. The third-order valence-electron chi connectivity index (χ3n) is 6.25. The van der Waals surface area contributed by atoms with Crippen molar-refractivity contribution < 1.29 is 4.74 Å². The summed E-state index contributed by atoms with van der Waals surface area (Å²) < 4.78 is 6.42. The Kier molecular flexibility index (Phi) is 4.31. The smallest absolute Gasteiger partial charge is 0.137 e. The van der Waals surface area contributed by atoms with Crippen LogP contribution in [0.3, 0.4) is 0 Å². The molecule has 4 saturated heterocycles. The zero-order chi connectivity index (χ0) is 15.2. The summed E-state index contributed by atoms with van der Waals surface area (Å²) in [5.74, 6) is 0.813. The maximum absolute atomic E-state index is 6.42. The molecular weight excluding hydrogens is 310 g/mol. The molecule has 23 heavy (non-hydrogen) atoms. The minimum Gasteiger partial charge on any atom is -0.372 e. The van der Waals surface area contributed by atoms with Gasteiger partial charge in [0.2, 0.25) is 0 Å². The highest BCUT2D eigenvalue weighted by molar-refractivity contribution is 8.00. The molecule has 0 amide bonds. The van der Waals surface area contributed by atoms with Crippen molar-refractivity contribution in [2.75, 3.05) is 6.54 Å². The maximum Gasteiger partial charge on any atom is 0.137 e. The van der Waals surface area contributed by atoms with E-state index < -0.39 is 0 Å². The first-order valence-corrected chi connectivity index (χ1v) is 10.4. The van der Waals surface area contributed by atoms with E-state index in [9.17, 15) is 0 Å². The summed E-state index contributed by atoms with van der Waals surface area (Å²) in [6.07, 6.45) is 11.8. The van der Waals surface area contributed by atoms with Gasteiger partial charge in [-0.25, -0.2) is 16.3 Å². The minimum absolute atomic E-state index is 0.319. The second-order valence-corrected chi connectivity index (χ2v) is 8.96. The largest absolute Gasteiger partial charge is 0.372 e. The maximum atomic E-state index is 6.42. The van der Waals surface area contributed by atoms with Crippen molar-refractivity contribution >= 4 is 11.8 Å². The topological polar surface area (TPSA) is 60.6 Å². The second kappa shape index (κ2) is 6.44. The predicted octanol–water partition coefficient (Wildman–Crippen LogP) is 1.07. The van der Waals surface area contributed by atoms with Gasteiger partial charge in [0.15, 0.2) is 0 Å². The predicted molar refractivity (Wildman–Crippen MR) is 91.1 cm³/mol. The van der Waals surface area contributed by atoms with E-state index >= 15 is 0 Å². The highest BCUT2D eigenvalue weighted by atomic mass is 32.2. The molecular formula is C16H29N5OS. The van der Waals surface area contributed by atoms with E-state index in [1.807, 2.05) is 11.8 Å². The van der Waals surface area contributed by atoms with Crippen LogP contribution in [-0.4, -0.2) is 46.8 Å². The van der Waals surface area contributed by atoms with Gasteiger partial charge in [0, 0.05) is 6.04 Å². The van der Waals surface area contributed by atoms with Crippen molar-refractivity contribution in [2.45, 2.75) is 86.7 Å². The molecule has 7 atom stereocenters. The molecule has 1 aliphatic carbocycles. The Morgan fingerprint density at radius 3 is 2.74 bits per heavy atom. The quantitative estimate of drug-likeness (QED) is 0.600. The summed E-state index contributed by atoms with van der Waals surface area (Å²) in [6, 6.07) is 0.528. The van der Waals surface area contributed by atoms with Gasteiger partial charge in [-0.1, -0.05) is 19.3 Å². The van der Waals surface area contributed by atoms with Gasteiger partial charge >= 0.3 is 0 Å². The lowest BCUT2D eigenvalue weighted by molar-refractivity contribution is 0.00246. The average molecular weight is 340 g/mol. The van der Waals surface area contributed by atoms with Crippen LogP contribution in [0.2, 0.25) is 0 Å². The number of hydrogen-bond donors (Lipinski definition) is 4. The molecule has 4 heterocycles. The molecule has 5 aliphatic rings. The molecule has 0 spiro atoms. The number of rotatable bonds is 2. The standard InChI is InChI=1S/C16H29N5OS/c1-2-7-12-10(5-1)9-13(22-12)15-20-21-14(18-19-16(21)23-15)11-6-3-4-8-17-11/h10-20H,1-9H2. The molecule has 4 N–H and O–H groups in total. The van der Waals surface area contributed by atoms with E-state index in [0.717, 1.165) is 12.5 Å². The number of thioether (sulfide) groups is 1. The summed E-state index contributed by atoms with van der Waals surface area (Å²) in [6.45, 7) is 1.15. The summed E-state index contributed by atoms with van der Waals surface area (Å²) in [5.41, 5.74) is 11.0. The van der Waals surface area contributed by atoms with E-state index in [-0.39, 0.29) is 0 Å². The lowest BCUT2D eigenvalue weighted by Gasteiger charge is -2.33. The highest BCUT2D eigenvalue weighted by Gasteiger charge is 2.49. The number of fused-ring (bicyclic) bond motifs is 2. The molecule has 0 aromatic heterocycles. The van der Waals surface area contributed by atoms with E-state index in [1.54, 1.807) is 0 Å². The van der Waals surface area contributed by atoms with Crippen molar-refractivity contribution in [2.24, 2.45) is 5.92 Å². The molecule has 0 bridgehead atoms. The van der Waals surface area contributed by atoms with Crippen LogP contribution < -0.4 is 21.6 Å². The van der Waals surface area contributed by atoms with Gasteiger partial charge < -0.3 is 10.1 Å². The van der Waals surface area contributed by atoms with Gasteiger partial charge in [-0.05, 0) is 44.6 Å². The fourth-order valence-electron chi connectivity index (χ4n) is 5.01. The summed E-state index contributed by atoms with van der Waals surface area (Å²) in [4.78, 5) is 0. The van der Waals surface area contributed by atoms with Crippen LogP contribution in [0.1, 0.15) is 51.4 Å². The van der Waals surface area contributed by atoms with Crippen molar-refractivity contribution in [3.63, 3.8) is 0 Å². The fourth-order valence-corrected chi connectivity index (χ4v) is 6.28. The van der Waals surface area contributed by atoms with Crippen LogP contribution in [0.5, 0.6) is 0 Å². The molecule has 7 heteroatoms. The molecule has 130 valence electrons. The normalized spacial score (nSPS) is 50.9. The SMILES string of the molecule is C1CCC(C2NNC3SC(C4CC5CCCCC5O4)NN32)NC1. The van der Waals surface area contributed by atoms with Gasteiger partial charge in [-0.2, -0.15) is 5.01 Å². The van der Waals surface area contributed by atoms with Crippen molar-refractivity contribution in [1.82, 2.24) is 26.6 Å². The summed E-state index contributed by atoms with van der Waals surface area (Å²) in [7, 11) is 0. The van der Waals surface area contributed by atoms with E-state index in [1.165, 1.54) is 51.4 Å². The number of hydrogen-bond acceptors (Lipinski definition) is 7. The van der Waals surface area contributed by atoms with E-state index in [0.29, 0.717) is 35.3 Å². The minimum atomic E-state index is 0.319. The summed E-state index contributed by atoms with van der Waals surface area (Å²) in [5, 5.41) is 6.46. The molecule has 4 aliphatic heterocycles. The molecule has 5 fully saturated rings. The van der Waals surface area contributed by atoms with Crippen LogP contribution >= 0.6 is 11.8 Å². The second-order valence-electron chi connectivity index (χ2n) is 7.73. The van der Waals surface area contributed by atoms with Crippen molar-refractivity contribution in [3.8, 4) is 0 Å². The Morgan fingerprint density at radius 2 is 1.87 bits per heavy atom. The van der Waals surface area contributed by atoms with E-state index in [4.69, 9.17) is 4.74 Å². The van der Waals surface area contributed by atoms with Crippen LogP contribution in [-0.2, 0) is 4.74 Å². The zero-order valence-electron chi connectivity index (χ0n) is 13.7. The van der Waals surface area contributed by atoms with Crippen LogP contribution in [0.25, 0.3) is 0 Å². The lowest BCUT2D eigenvalue weighted by Crippen LogP contribution is -2.58. The zero-order valence-corrected chi connectivity index (χ0v) is 14.5. The molecule has 6 nitrogen and oxygen atoms in total. The number of ether oxygens (including phenoxy) is 1. The molecule has 0 aromatic rings. The fraction of sp³-hybridized carbons (Fsp3) is 1.00. The van der Waals surface area contributed by atoms with E-state index in [2.05, 4.69) is 26.6 Å². The molecule has 0 radical (unpaired) electrons. The molecule has 5 rings (SSSR count). The van der Waals surface area contributed by atoms with Gasteiger partial charge in [0.05, 0.1) is 17.6 Å². The summed E-state index contributed by atoms with van der Waals surface area (Å²) >= 11 is 1.98. The van der Waals surface area contributed by atoms with Gasteiger partial charge in [-0.15, -0.1) is 11.8 Å². The highest BCUT2D eigenvalue weighted by Crippen LogP contribution is 2.42. The van der Waals surface area contributed by atoms with Gasteiger partial charge in [-0.3, -0.25) is 0 Å². The average Bonchev–Trinajstić information content (AvgIpc) is 3.28. The van der Waals surface area contributed by atoms with Crippen molar-refractivity contribution in [3.05, 3.63) is 0 Å². The molecule has 1 saturated carbocycles. The molecule has 7 unspecified atom stereocenters. The number of piperidine rings is 1. The first-order valence-electron chi connectivity index (χ1n) is 9.48. The Balaban J connectivity index is 1.22. The first-order chi connectivity index (χ1) is 11.4. The number of nitrogens with zero attached hydrogens (tertiary/aromatic N) is 1. The first kappa shape index (κ1) is 15.4. The van der Waals surface area contributed by atoms with Gasteiger partial charge in [0.25, 0.3) is 0 Å². The number of hydrazine groups is 2. The third-order valence-corrected chi connectivity index (χ3v) is 7.56. The Bertz CT molecular complexity index is 421. The van der Waals surface area contributed by atoms with Crippen molar-refractivity contribution in [1.29, 1.82) is 0 Å². The van der Waals surface area contributed by atoms with Crippen LogP contribution in [0.15, 0.2) is 0 Å². The van der Waals surface area contributed by atoms with Crippen LogP contribution in [0.4, 0.5) is 0 Å². The molecule has 0 aromatic carbocycles. The third kappa shape index (κ3) is 2.84.